The van der Waals surface area contributed by atoms with Gasteiger partial charge in [-0.25, -0.2) is 0 Å². The Labute approximate surface area is 134 Å². The number of nitrogens with zero attached hydrogens (tertiary/aromatic N) is 2. The lowest BCUT2D eigenvalue weighted by Gasteiger charge is -2.08. The van der Waals surface area contributed by atoms with Gasteiger partial charge < -0.3 is 10.1 Å². The molecule has 0 spiro atoms. The van der Waals surface area contributed by atoms with E-state index in [0.717, 1.165) is 22.6 Å². The monoisotopic (exact) mass is 319 g/mol. The van der Waals surface area contributed by atoms with E-state index in [9.17, 15) is 4.79 Å². The van der Waals surface area contributed by atoms with Crippen molar-refractivity contribution in [2.24, 2.45) is 7.05 Å². The molecule has 22 heavy (non-hydrogen) atoms. The van der Waals surface area contributed by atoms with E-state index in [1.165, 1.54) is 6.08 Å². The minimum atomic E-state index is -0.203. The third-order valence-electron chi connectivity index (χ3n) is 3.24. The standard InChI is InChI=1S/C16H18ClN3O2/c1-11-13(16(17)20(2)19-11)8-9-15(21)18-10-12-6-4-5-7-14(12)22-3/h4-9H,10H2,1-3H3,(H,18,21)/b9-8+. The summed E-state index contributed by atoms with van der Waals surface area (Å²) in [6.45, 7) is 2.24. The molecule has 0 aliphatic carbocycles. The third-order valence-corrected chi connectivity index (χ3v) is 3.69. The number of carbonyl (C=O) groups is 1. The molecule has 1 amide bonds. The SMILES string of the molecule is COc1ccccc1CNC(=O)/C=C/c1c(C)nn(C)c1Cl. The summed E-state index contributed by atoms with van der Waals surface area (Å²) >= 11 is 6.11. The number of halogens is 1. The topological polar surface area (TPSA) is 56.1 Å². The molecule has 116 valence electrons. The van der Waals surface area contributed by atoms with Crippen LogP contribution >= 0.6 is 11.6 Å². The molecule has 0 radical (unpaired) electrons. The van der Waals surface area contributed by atoms with E-state index < -0.39 is 0 Å². The van der Waals surface area contributed by atoms with Crippen molar-refractivity contribution in [3.05, 3.63) is 52.3 Å². The molecule has 0 aliphatic heterocycles. The molecule has 1 aromatic carbocycles. The minimum absolute atomic E-state index is 0.203. The lowest BCUT2D eigenvalue weighted by atomic mass is 10.2. The molecule has 1 N–H and O–H groups in total. The van der Waals surface area contributed by atoms with Crippen LogP contribution in [0.4, 0.5) is 0 Å². The predicted octanol–water partition coefficient (Wildman–Crippen LogP) is 2.72. The highest BCUT2D eigenvalue weighted by atomic mass is 35.5. The van der Waals surface area contributed by atoms with Crippen LogP contribution < -0.4 is 10.1 Å². The van der Waals surface area contributed by atoms with Gasteiger partial charge in [0.15, 0.2) is 0 Å². The highest BCUT2D eigenvalue weighted by Crippen LogP contribution is 2.20. The minimum Gasteiger partial charge on any atom is -0.496 e. The number of amides is 1. The molecule has 0 unspecified atom stereocenters. The Hall–Kier alpha value is -2.27. The van der Waals surface area contributed by atoms with Gasteiger partial charge in [0.25, 0.3) is 0 Å². The van der Waals surface area contributed by atoms with E-state index in [2.05, 4.69) is 10.4 Å². The number of rotatable bonds is 5. The van der Waals surface area contributed by atoms with Gasteiger partial charge >= 0.3 is 0 Å². The Kier molecular flexibility index (Phi) is 5.22. The van der Waals surface area contributed by atoms with Crippen LogP contribution in [0.3, 0.4) is 0 Å². The van der Waals surface area contributed by atoms with Crippen molar-refractivity contribution in [3.8, 4) is 5.75 Å². The molecule has 1 aromatic heterocycles. The van der Waals surface area contributed by atoms with Crippen molar-refractivity contribution >= 4 is 23.6 Å². The molecular weight excluding hydrogens is 302 g/mol. The lowest BCUT2D eigenvalue weighted by molar-refractivity contribution is -0.116. The van der Waals surface area contributed by atoms with E-state index in [-0.39, 0.29) is 5.91 Å². The van der Waals surface area contributed by atoms with Crippen LogP contribution in [0.2, 0.25) is 5.15 Å². The molecule has 2 aromatic rings. The number of nitrogens with one attached hydrogen (secondary N) is 1. The van der Waals surface area contributed by atoms with Gasteiger partial charge in [-0.2, -0.15) is 5.10 Å². The fourth-order valence-corrected chi connectivity index (χ4v) is 2.32. The molecule has 2 rings (SSSR count). The van der Waals surface area contributed by atoms with Crippen molar-refractivity contribution in [2.75, 3.05) is 7.11 Å². The van der Waals surface area contributed by atoms with Crippen molar-refractivity contribution in [1.29, 1.82) is 0 Å². The summed E-state index contributed by atoms with van der Waals surface area (Å²) in [7, 11) is 3.36. The number of carbonyl (C=O) groups excluding carboxylic acids is 1. The first kappa shape index (κ1) is 16.1. The number of methoxy groups -OCH3 is 1. The quantitative estimate of drug-likeness (QED) is 0.862. The Balaban J connectivity index is 2.00. The molecule has 6 heteroatoms. The van der Waals surface area contributed by atoms with Crippen molar-refractivity contribution in [3.63, 3.8) is 0 Å². The summed E-state index contributed by atoms with van der Waals surface area (Å²) in [5.41, 5.74) is 2.44. The summed E-state index contributed by atoms with van der Waals surface area (Å²) in [5, 5.41) is 7.51. The summed E-state index contributed by atoms with van der Waals surface area (Å²) in [6.07, 6.45) is 3.12. The summed E-state index contributed by atoms with van der Waals surface area (Å²) in [4.78, 5) is 11.9. The normalized spacial score (nSPS) is 10.9. The van der Waals surface area contributed by atoms with Crippen LogP contribution in [0.5, 0.6) is 5.75 Å². The molecule has 5 nitrogen and oxygen atoms in total. The lowest BCUT2D eigenvalue weighted by Crippen LogP contribution is -2.20. The van der Waals surface area contributed by atoms with Gasteiger partial charge in [-0.3, -0.25) is 9.48 Å². The smallest absolute Gasteiger partial charge is 0.244 e. The van der Waals surface area contributed by atoms with Crippen LogP contribution in [-0.2, 0) is 18.4 Å². The number of ether oxygens (including phenoxy) is 1. The fraction of sp³-hybridized carbons (Fsp3) is 0.250. The van der Waals surface area contributed by atoms with Crippen LogP contribution in [0, 0.1) is 6.92 Å². The number of hydrogen-bond donors (Lipinski definition) is 1. The second-order valence-electron chi connectivity index (χ2n) is 4.78. The Morgan fingerprint density at radius 1 is 1.45 bits per heavy atom. The number of para-hydroxylation sites is 1. The largest absolute Gasteiger partial charge is 0.496 e. The van der Waals surface area contributed by atoms with E-state index in [4.69, 9.17) is 16.3 Å². The number of aryl methyl sites for hydroxylation is 2. The summed E-state index contributed by atoms with van der Waals surface area (Å²) in [6, 6.07) is 7.55. The van der Waals surface area contributed by atoms with Crippen molar-refractivity contribution in [2.45, 2.75) is 13.5 Å². The number of hydrogen-bond acceptors (Lipinski definition) is 3. The van der Waals surface area contributed by atoms with Crippen LogP contribution in [0.15, 0.2) is 30.3 Å². The molecular formula is C16H18ClN3O2. The Morgan fingerprint density at radius 3 is 2.82 bits per heavy atom. The highest BCUT2D eigenvalue weighted by Gasteiger charge is 2.08. The maximum Gasteiger partial charge on any atom is 0.244 e. The summed E-state index contributed by atoms with van der Waals surface area (Å²) in [5.74, 6) is 0.545. The van der Waals surface area contributed by atoms with Crippen LogP contribution in [0.25, 0.3) is 6.08 Å². The molecule has 1 heterocycles. The maximum absolute atomic E-state index is 11.9. The summed E-state index contributed by atoms with van der Waals surface area (Å²) < 4.78 is 6.82. The molecule has 0 saturated carbocycles. The van der Waals surface area contributed by atoms with Crippen molar-refractivity contribution in [1.82, 2.24) is 15.1 Å². The maximum atomic E-state index is 11.9. The second-order valence-corrected chi connectivity index (χ2v) is 5.13. The zero-order valence-corrected chi connectivity index (χ0v) is 13.5. The van der Waals surface area contributed by atoms with E-state index in [0.29, 0.717) is 11.7 Å². The Bertz CT molecular complexity index is 707. The number of aromatic nitrogens is 2. The first-order chi connectivity index (χ1) is 10.5. The fourth-order valence-electron chi connectivity index (χ4n) is 2.09. The average Bonchev–Trinajstić information content (AvgIpc) is 2.76. The van der Waals surface area contributed by atoms with E-state index >= 15 is 0 Å². The molecule has 0 bridgehead atoms. The zero-order chi connectivity index (χ0) is 16.1. The third kappa shape index (κ3) is 3.68. The highest BCUT2D eigenvalue weighted by molar-refractivity contribution is 6.31. The Morgan fingerprint density at radius 2 is 2.18 bits per heavy atom. The van der Waals surface area contributed by atoms with E-state index in [1.807, 2.05) is 31.2 Å². The van der Waals surface area contributed by atoms with Gasteiger partial charge in [0.05, 0.1) is 12.8 Å². The first-order valence-corrected chi connectivity index (χ1v) is 7.17. The zero-order valence-electron chi connectivity index (χ0n) is 12.8. The molecule has 0 saturated heterocycles. The van der Waals surface area contributed by atoms with Gasteiger partial charge in [-0.05, 0) is 19.1 Å². The van der Waals surface area contributed by atoms with Gasteiger partial charge in [0, 0.05) is 30.8 Å². The molecule has 0 atom stereocenters. The van der Waals surface area contributed by atoms with Gasteiger partial charge in [-0.15, -0.1) is 0 Å². The van der Waals surface area contributed by atoms with Gasteiger partial charge in [-0.1, -0.05) is 29.8 Å². The second kappa shape index (κ2) is 7.13. The molecule has 0 fully saturated rings. The van der Waals surface area contributed by atoms with Gasteiger partial charge in [0.2, 0.25) is 5.91 Å². The van der Waals surface area contributed by atoms with Crippen LogP contribution in [0.1, 0.15) is 16.8 Å². The predicted molar refractivity (Wildman–Crippen MR) is 86.8 cm³/mol. The van der Waals surface area contributed by atoms with E-state index in [1.54, 1.807) is 24.9 Å². The van der Waals surface area contributed by atoms with Crippen LogP contribution in [-0.4, -0.2) is 22.8 Å². The number of benzene rings is 1. The first-order valence-electron chi connectivity index (χ1n) is 6.80. The molecule has 0 aliphatic rings. The average molecular weight is 320 g/mol. The van der Waals surface area contributed by atoms with Crippen molar-refractivity contribution < 1.29 is 9.53 Å². The van der Waals surface area contributed by atoms with Gasteiger partial charge in [0.1, 0.15) is 10.9 Å².